The Hall–Kier alpha value is -1.86. The summed E-state index contributed by atoms with van der Waals surface area (Å²) >= 11 is 0. The van der Waals surface area contributed by atoms with E-state index in [0.717, 1.165) is 25.9 Å². The van der Waals surface area contributed by atoms with Crippen LogP contribution < -0.4 is 5.73 Å². The minimum atomic E-state index is -0.471. The highest BCUT2D eigenvalue weighted by Gasteiger charge is 2.22. The van der Waals surface area contributed by atoms with Crippen molar-refractivity contribution in [1.29, 1.82) is 0 Å². The predicted octanol–water partition coefficient (Wildman–Crippen LogP) is 2.01. The third-order valence-corrected chi connectivity index (χ3v) is 3.49. The summed E-state index contributed by atoms with van der Waals surface area (Å²) in [6, 6.07) is 4.44. The van der Waals surface area contributed by atoms with E-state index >= 15 is 0 Å². The number of piperidine rings is 1. The molecule has 1 aromatic carbocycles. The quantitative estimate of drug-likeness (QED) is 0.796. The number of carbonyl (C=O) groups excluding carboxylic acids is 1. The van der Waals surface area contributed by atoms with Crippen LogP contribution in [0.15, 0.2) is 18.2 Å². The Morgan fingerprint density at radius 1 is 1.55 bits per heavy atom. The molecule has 106 valence electrons. The molecule has 4 heteroatoms. The molecule has 1 amide bonds. The van der Waals surface area contributed by atoms with Crippen molar-refractivity contribution < 1.29 is 9.18 Å². The standard InChI is InChI=1S/C16H19FN2O/c1-12-4-3-9-19(11-12)16(20)14-7-6-13(5-2-8-18)15(17)10-14/h6-7,10,12H,3-4,8-9,11,18H2,1H3. The van der Waals surface area contributed by atoms with Crippen molar-refractivity contribution in [2.75, 3.05) is 19.6 Å². The molecule has 0 spiro atoms. The average Bonchev–Trinajstić information content (AvgIpc) is 2.45. The van der Waals surface area contributed by atoms with E-state index in [1.807, 2.05) is 0 Å². The minimum Gasteiger partial charge on any atom is -0.338 e. The Morgan fingerprint density at radius 2 is 2.35 bits per heavy atom. The summed E-state index contributed by atoms with van der Waals surface area (Å²) in [4.78, 5) is 14.1. The molecule has 1 heterocycles. The van der Waals surface area contributed by atoms with Crippen molar-refractivity contribution in [3.63, 3.8) is 0 Å². The van der Waals surface area contributed by atoms with Gasteiger partial charge in [-0.1, -0.05) is 18.8 Å². The monoisotopic (exact) mass is 274 g/mol. The molecule has 0 bridgehead atoms. The Bertz CT molecular complexity index is 559. The number of carbonyl (C=O) groups is 1. The highest BCUT2D eigenvalue weighted by molar-refractivity contribution is 5.94. The second-order valence-corrected chi connectivity index (χ2v) is 5.20. The number of rotatable bonds is 1. The maximum atomic E-state index is 13.9. The SMILES string of the molecule is CC1CCCN(C(=O)c2ccc(C#CCN)c(F)c2)C1. The van der Waals surface area contributed by atoms with Crippen molar-refractivity contribution in [2.45, 2.75) is 19.8 Å². The van der Waals surface area contributed by atoms with E-state index < -0.39 is 5.82 Å². The zero-order valence-electron chi connectivity index (χ0n) is 11.7. The lowest BCUT2D eigenvalue weighted by Gasteiger charge is -2.31. The van der Waals surface area contributed by atoms with Gasteiger partial charge in [0, 0.05) is 18.7 Å². The van der Waals surface area contributed by atoms with E-state index in [9.17, 15) is 9.18 Å². The largest absolute Gasteiger partial charge is 0.338 e. The minimum absolute atomic E-state index is 0.103. The molecule has 0 aromatic heterocycles. The zero-order valence-corrected chi connectivity index (χ0v) is 11.7. The lowest BCUT2D eigenvalue weighted by atomic mass is 9.99. The lowest BCUT2D eigenvalue weighted by molar-refractivity contribution is 0.0682. The summed E-state index contributed by atoms with van der Waals surface area (Å²) in [5.74, 6) is 5.19. The van der Waals surface area contributed by atoms with Crippen LogP contribution in [0.25, 0.3) is 0 Å². The fraction of sp³-hybridized carbons (Fsp3) is 0.438. The number of hydrogen-bond acceptors (Lipinski definition) is 2. The molecule has 1 atom stereocenters. The molecule has 3 nitrogen and oxygen atoms in total. The van der Waals surface area contributed by atoms with Gasteiger partial charge in [-0.15, -0.1) is 0 Å². The summed E-state index contributed by atoms with van der Waals surface area (Å²) in [6.45, 7) is 3.81. The van der Waals surface area contributed by atoms with Crippen molar-refractivity contribution in [3.05, 3.63) is 35.1 Å². The van der Waals surface area contributed by atoms with Crippen LogP contribution in [0.5, 0.6) is 0 Å². The number of nitrogens with two attached hydrogens (primary N) is 1. The Labute approximate surface area is 119 Å². The first kappa shape index (κ1) is 14.5. The van der Waals surface area contributed by atoms with Gasteiger partial charge in [-0.25, -0.2) is 4.39 Å². The summed E-state index contributed by atoms with van der Waals surface area (Å²) in [7, 11) is 0. The van der Waals surface area contributed by atoms with Crippen molar-refractivity contribution in [3.8, 4) is 11.8 Å². The third-order valence-electron chi connectivity index (χ3n) is 3.49. The van der Waals surface area contributed by atoms with Gasteiger partial charge >= 0.3 is 0 Å². The van der Waals surface area contributed by atoms with Gasteiger partial charge in [-0.2, -0.15) is 0 Å². The first-order chi connectivity index (χ1) is 9.61. The summed E-state index contributed by atoms with van der Waals surface area (Å²) in [5.41, 5.74) is 5.92. The molecule has 1 aliphatic heterocycles. The zero-order chi connectivity index (χ0) is 14.5. The highest BCUT2D eigenvalue weighted by Crippen LogP contribution is 2.19. The van der Waals surface area contributed by atoms with Crippen LogP contribution in [-0.2, 0) is 0 Å². The normalized spacial score (nSPS) is 18.4. The fourth-order valence-corrected chi connectivity index (χ4v) is 2.45. The number of nitrogens with zero attached hydrogens (tertiary/aromatic N) is 1. The van der Waals surface area contributed by atoms with E-state index in [-0.39, 0.29) is 18.0 Å². The van der Waals surface area contributed by atoms with Gasteiger partial charge in [0.2, 0.25) is 0 Å². The van der Waals surface area contributed by atoms with Crippen molar-refractivity contribution in [2.24, 2.45) is 11.7 Å². The maximum absolute atomic E-state index is 13.9. The maximum Gasteiger partial charge on any atom is 0.253 e. The van der Waals surface area contributed by atoms with Crippen LogP contribution in [0.1, 0.15) is 35.7 Å². The summed E-state index contributed by atoms with van der Waals surface area (Å²) in [6.07, 6.45) is 2.15. The van der Waals surface area contributed by atoms with Crippen LogP contribution in [0, 0.1) is 23.6 Å². The first-order valence-corrected chi connectivity index (χ1v) is 6.89. The molecule has 1 saturated heterocycles. The van der Waals surface area contributed by atoms with Crippen molar-refractivity contribution >= 4 is 5.91 Å². The molecule has 1 fully saturated rings. The predicted molar refractivity (Wildman–Crippen MR) is 76.6 cm³/mol. The van der Waals surface area contributed by atoms with E-state index in [0.29, 0.717) is 11.5 Å². The van der Waals surface area contributed by atoms with Crippen molar-refractivity contribution in [1.82, 2.24) is 4.90 Å². The van der Waals surface area contributed by atoms with Gasteiger partial charge in [-0.05, 0) is 37.0 Å². The van der Waals surface area contributed by atoms with Crippen LogP contribution >= 0.6 is 0 Å². The molecule has 0 radical (unpaired) electrons. The van der Waals surface area contributed by atoms with Gasteiger partial charge in [0.1, 0.15) is 5.82 Å². The molecule has 1 aromatic rings. The first-order valence-electron chi connectivity index (χ1n) is 6.89. The molecule has 0 aliphatic carbocycles. The van der Waals surface area contributed by atoms with E-state index in [1.54, 1.807) is 17.0 Å². The molecule has 20 heavy (non-hydrogen) atoms. The van der Waals surface area contributed by atoms with Gasteiger partial charge in [0.25, 0.3) is 5.91 Å². The fourth-order valence-electron chi connectivity index (χ4n) is 2.45. The van der Waals surface area contributed by atoms with Crippen LogP contribution in [0.3, 0.4) is 0 Å². The number of amides is 1. The Morgan fingerprint density at radius 3 is 3.00 bits per heavy atom. The van der Waals surface area contributed by atoms with E-state index in [2.05, 4.69) is 18.8 Å². The molecule has 1 aliphatic rings. The molecule has 2 N–H and O–H groups in total. The number of benzene rings is 1. The molecule has 1 unspecified atom stereocenters. The number of halogens is 1. The van der Waals surface area contributed by atoms with E-state index in [1.165, 1.54) is 6.07 Å². The van der Waals surface area contributed by atoms with Crippen LogP contribution in [0.2, 0.25) is 0 Å². The highest BCUT2D eigenvalue weighted by atomic mass is 19.1. The van der Waals surface area contributed by atoms with Crippen LogP contribution in [0.4, 0.5) is 4.39 Å². The second-order valence-electron chi connectivity index (χ2n) is 5.20. The summed E-state index contributed by atoms with van der Waals surface area (Å²) in [5, 5.41) is 0. The van der Waals surface area contributed by atoms with Crippen LogP contribution in [-0.4, -0.2) is 30.4 Å². The number of hydrogen-bond donors (Lipinski definition) is 1. The topological polar surface area (TPSA) is 46.3 Å². The average molecular weight is 274 g/mol. The van der Waals surface area contributed by atoms with Gasteiger partial charge in [-0.3, -0.25) is 4.79 Å². The second kappa shape index (κ2) is 6.53. The Kier molecular flexibility index (Phi) is 4.75. The Balaban J connectivity index is 2.16. The molecule has 2 rings (SSSR count). The van der Waals surface area contributed by atoms with Gasteiger partial charge in [0.15, 0.2) is 0 Å². The molecular weight excluding hydrogens is 255 g/mol. The van der Waals surface area contributed by atoms with Gasteiger partial charge < -0.3 is 10.6 Å². The summed E-state index contributed by atoms with van der Waals surface area (Å²) < 4.78 is 13.9. The van der Waals surface area contributed by atoms with Gasteiger partial charge in [0.05, 0.1) is 12.1 Å². The lowest BCUT2D eigenvalue weighted by Crippen LogP contribution is -2.39. The molecular formula is C16H19FN2O. The third kappa shape index (κ3) is 3.37. The molecule has 0 saturated carbocycles. The number of likely N-dealkylation sites (tertiary alicyclic amines) is 1. The smallest absolute Gasteiger partial charge is 0.253 e. The van der Waals surface area contributed by atoms with E-state index in [4.69, 9.17) is 5.73 Å².